The monoisotopic (exact) mass is 274 g/mol. The molecule has 0 fully saturated rings. The molecule has 4 heteroatoms. The zero-order chi connectivity index (χ0) is 15.0. The standard InChI is InChI=1S/C16H22N2O2/c1-12(11-20-3)10-18-16(19)15-8-4-6-14(13(15)2)7-5-9-17/h4,6,8,12H,9-11,17H2,1-3H3,(H,18,19). The van der Waals surface area contributed by atoms with Crippen molar-refractivity contribution in [1.82, 2.24) is 5.32 Å². The van der Waals surface area contributed by atoms with Crippen LogP contribution in [0.2, 0.25) is 0 Å². The Morgan fingerprint density at radius 1 is 1.50 bits per heavy atom. The second kappa shape index (κ2) is 8.36. The van der Waals surface area contributed by atoms with Gasteiger partial charge in [-0.15, -0.1) is 0 Å². The van der Waals surface area contributed by atoms with Gasteiger partial charge in [0.05, 0.1) is 13.2 Å². The molecule has 0 heterocycles. The number of methoxy groups -OCH3 is 1. The first-order chi connectivity index (χ1) is 9.60. The Morgan fingerprint density at radius 3 is 2.90 bits per heavy atom. The van der Waals surface area contributed by atoms with Gasteiger partial charge >= 0.3 is 0 Å². The van der Waals surface area contributed by atoms with E-state index in [1.807, 2.05) is 26.0 Å². The third kappa shape index (κ3) is 4.69. The average molecular weight is 274 g/mol. The number of nitrogens with one attached hydrogen (secondary N) is 1. The molecule has 1 unspecified atom stereocenters. The molecule has 0 aliphatic heterocycles. The molecule has 4 nitrogen and oxygen atoms in total. The lowest BCUT2D eigenvalue weighted by molar-refractivity contribution is 0.0933. The Morgan fingerprint density at radius 2 is 2.25 bits per heavy atom. The van der Waals surface area contributed by atoms with Crippen LogP contribution in [0.1, 0.15) is 28.4 Å². The molecule has 0 aliphatic carbocycles. The molecule has 1 atom stereocenters. The van der Waals surface area contributed by atoms with E-state index < -0.39 is 0 Å². The van der Waals surface area contributed by atoms with Crippen LogP contribution >= 0.6 is 0 Å². The summed E-state index contributed by atoms with van der Waals surface area (Å²) in [6.07, 6.45) is 0. The van der Waals surface area contributed by atoms with Crippen molar-refractivity contribution >= 4 is 5.91 Å². The maximum atomic E-state index is 12.2. The molecule has 0 saturated heterocycles. The Hall–Kier alpha value is -1.83. The first kappa shape index (κ1) is 16.2. The van der Waals surface area contributed by atoms with Crippen LogP contribution in [0.4, 0.5) is 0 Å². The number of hydrogen-bond acceptors (Lipinski definition) is 3. The van der Waals surface area contributed by atoms with Gasteiger partial charge in [-0.1, -0.05) is 24.8 Å². The highest BCUT2D eigenvalue weighted by Crippen LogP contribution is 2.13. The maximum absolute atomic E-state index is 12.2. The molecule has 1 aromatic carbocycles. The number of rotatable bonds is 5. The van der Waals surface area contributed by atoms with Gasteiger partial charge in [-0.2, -0.15) is 0 Å². The van der Waals surface area contributed by atoms with E-state index in [0.717, 1.165) is 11.1 Å². The number of benzene rings is 1. The van der Waals surface area contributed by atoms with Gasteiger partial charge in [-0.3, -0.25) is 4.79 Å². The Bertz CT molecular complexity index is 515. The molecule has 3 N–H and O–H groups in total. The minimum atomic E-state index is -0.0816. The molecule has 0 saturated carbocycles. The van der Waals surface area contributed by atoms with Crippen molar-refractivity contribution in [3.63, 3.8) is 0 Å². The molecule has 1 aromatic rings. The number of carbonyl (C=O) groups excluding carboxylic acids is 1. The minimum absolute atomic E-state index is 0.0816. The van der Waals surface area contributed by atoms with Gasteiger partial charge in [-0.05, 0) is 30.5 Å². The zero-order valence-electron chi connectivity index (χ0n) is 12.3. The van der Waals surface area contributed by atoms with E-state index in [4.69, 9.17) is 10.5 Å². The SMILES string of the molecule is COCC(C)CNC(=O)c1cccc(C#CCN)c1C. The first-order valence-corrected chi connectivity index (χ1v) is 6.65. The third-order valence-electron chi connectivity index (χ3n) is 2.97. The van der Waals surface area contributed by atoms with Crippen LogP contribution in [0.5, 0.6) is 0 Å². The highest BCUT2D eigenvalue weighted by molar-refractivity contribution is 5.96. The lowest BCUT2D eigenvalue weighted by Gasteiger charge is -2.13. The second-order valence-electron chi connectivity index (χ2n) is 4.75. The van der Waals surface area contributed by atoms with Crippen LogP contribution in [0, 0.1) is 24.7 Å². The molecule has 0 spiro atoms. The Balaban J connectivity index is 2.78. The van der Waals surface area contributed by atoms with Crippen molar-refractivity contribution < 1.29 is 9.53 Å². The summed E-state index contributed by atoms with van der Waals surface area (Å²) in [4.78, 5) is 12.2. The molecule has 108 valence electrons. The van der Waals surface area contributed by atoms with Gasteiger partial charge < -0.3 is 15.8 Å². The summed E-state index contributed by atoms with van der Waals surface area (Å²) in [5.74, 6) is 5.99. The molecule has 1 rings (SSSR count). The molecule has 0 aromatic heterocycles. The number of nitrogens with two attached hydrogens (primary N) is 1. The summed E-state index contributed by atoms with van der Waals surface area (Å²) in [6.45, 7) is 5.45. The summed E-state index contributed by atoms with van der Waals surface area (Å²) < 4.78 is 5.05. The minimum Gasteiger partial charge on any atom is -0.384 e. The van der Waals surface area contributed by atoms with E-state index in [9.17, 15) is 4.79 Å². The number of ether oxygens (including phenoxy) is 1. The van der Waals surface area contributed by atoms with Crippen molar-refractivity contribution in [3.8, 4) is 11.8 Å². The van der Waals surface area contributed by atoms with E-state index >= 15 is 0 Å². The van der Waals surface area contributed by atoms with Crippen molar-refractivity contribution in [2.24, 2.45) is 11.7 Å². The largest absolute Gasteiger partial charge is 0.384 e. The fourth-order valence-electron chi connectivity index (χ4n) is 1.87. The summed E-state index contributed by atoms with van der Waals surface area (Å²) >= 11 is 0. The second-order valence-corrected chi connectivity index (χ2v) is 4.75. The molecule has 0 radical (unpaired) electrons. The van der Waals surface area contributed by atoms with Crippen molar-refractivity contribution in [3.05, 3.63) is 34.9 Å². The molecule has 1 amide bonds. The number of carbonyl (C=O) groups is 1. The smallest absolute Gasteiger partial charge is 0.251 e. The van der Waals surface area contributed by atoms with Gasteiger partial charge in [0, 0.05) is 24.8 Å². The van der Waals surface area contributed by atoms with Gasteiger partial charge in [0.1, 0.15) is 0 Å². The summed E-state index contributed by atoms with van der Waals surface area (Å²) in [5.41, 5.74) is 7.74. The van der Waals surface area contributed by atoms with Gasteiger partial charge in [0.15, 0.2) is 0 Å². The highest BCUT2D eigenvalue weighted by atomic mass is 16.5. The van der Waals surface area contributed by atoms with Crippen LogP contribution in [-0.2, 0) is 4.74 Å². The predicted octanol–water partition coefficient (Wildman–Crippen LogP) is 1.32. The molecule has 20 heavy (non-hydrogen) atoms. The average Bonchev–Trinajstić information content (AvgIpc) is 2.44. The maximum Gasteiger partial charge on any atom is 0.251 e. The van der Waals surface area contributed by atoms with Crippen LogP contribution in [0.25, 0.3) is 0 Å². The number of hydrogen-bond donors (Lipinski definition) is 2. The summed E-state index contributed by atoms with van der Waals surface area (Å²) in [5, 5.41) is 2.92. The van der Waals surface area contributed by atoms with E-state index in [-0.39, 0.29) is 11.8 Å². The lowest BCUT2D eigenvalue weighted by Crippen LogP contribution is -2.30. The van der Waals surface area contributed by atoms with Crippen LogP contribution < -0.4 is 11.1 Å². The fraction of sp³-hybridized carbons (Fsp3) is 0.438. The van der Waals surface area contributed by atoms with Crippen LogP contribution in [0.15, 0.2) is 18.2 Å². The lowest BCUT2D eigenvalue weighted by atomic mass is 10.0. The zero-order valence-corrected chi connectivity index (χ0v) is 12.3. The van der Waals surface area contributed by atoms with E-state index in [0.29, 0.717) is 25.3 Å². The van der Waals surface area contributed by atoms with E-state index in [2.05, 4.69) is 17.2 Å². The molecule has 0 bridgehead atoms. The summed E-state index contributed by atoms with van der Waals surface area (Å²) in [6, 6.07) is 5.53. The van der Waals surface area contributed by atoms with Crippen LogP contribution in [0.3, 0.4) is 0 Å². The topological polar surface area (TPSA) is 64.3 Å². The van der Waals surface area contributed by atoms with E-state index in [1.165, 1.54) is 0 Å². The Kier molecular flexibility index (Phi) is 6.78. The predicted molar refractivity (Wildman–Crippen MR) is 80.5 cm³/mol. The molecule has 0 aliphatic rings. The van der Waals surface area contributed by atoms with Crippen molar-refractivity contribution in [2.45, 2.75) is 13.8 Å². The van der Waals surface area contributed by atoms with Gasteiger partial charge in [-0.25, -0.2) is 0 Å². The quantitative estimate of drug-likeness (QED) is 0.796. The van der Waals surface area contributed by atoms with Crippen LogP contribution in [-0.4, -0.2) is 32.7 Å². The fourth-order valence-corrected chi connectivity index (χ4v) is 1.87. The number of amides is 1. The van der Waals surface area contributed by atoms with Gasteiger partial charge in [0.2, 0.25) is 0 Å². The first-order valence-electron chi connectivity index (χ1n) is 6.65. The van der Waals surface area contributed by atoms with E-state index in [1.54, 1.807) is 13.2 Å². The third-order valence-corrected chi connectivity index (χ3v) is 2.97. The highest BCUT2D eigenvalue weighted by Gasteiger charge is 2.11. The van der Waals surface area contributed by atoms with Gasteiger partial charge in [0.25, 0.3) is 5.91 Å². The molecular formula is C16H22N2O2. The van der Waals surface area contributed by atoms with Crippen molar-refractivity contribution in [1.29, 1.82) is 0 Å². The normalized spacial score (nSPS) is 11.4. The Labute approximate surface area is 120 Å². The molecular weight excluding hydrogens is 252 g/mol. The van der Waals surface area contributed by atoms with Crippen molar-refractivity contribution in [2.75, 3.05) is 26.8 Å². The summed E-state index contributed by atoms with van der Waals surface area (Å²) in [7, 11) is 1.65.